The highest BCUT2D eigenvalue weighted by Crippen LogP contribution is 2.15. The quantitative estimate of drug-likeness (QED) is 0.642. The van der Waals surface area contributed by atoms with Gasteiger partial charge >= 0.3 is 5.97 Å². The zero-order chi connectivity index (χ0) is 19.8. The first-order chi connectivity index (χ1) is 12.9. The first-order valence-electron chi connectivity index (χ1n) is 9.28. The second kappa shape index (κ2) is 10.3. The third-order valence-corrected chi connectivity index (χ3v) is 4.92. The van der Waals surface area contributed by atoms with E-state index < -0.39 is 6.10 Å². The topological polar surface area (TPSA) is 68.3 Å². The monoisotopic (exact) mass is 378 g/mol. The van der Waals surface area contributed by atoms with Crippen LogP contribution in [0.5, 0.6) is 5.75 Å². The van der Waals surface area contributed by atoms with E-state index in [1.165, 1.54) is 7.11 Å². The first kappa shape index (κ1) is 21.2. The molecule has 150 valence electrons. The molecule has 1 aromatic rings. The van der Waals surface area contributed by atoms with Crippen LogP contribution in [-0.4, -0.2) is 74.2 Å². The van der Waals surface area contributed by atoms with Crippen LogP contribution in [0.2, 0.25) is 0 Å². The average Bonchev–Trinajstić information content (AvgIpc) is 2.71. The Balaban J connectivity index is 1.78. The Morgan fingerprint density at radius 2 is 1.81 bits per heavy atom. The predicted molar refractivity (Wildman–Crippen MR) is 101 cm³/mol. The van der Waals surface area contributed by atoms with Gasteiger partial charge in [-0.2, -0.15) is 0 Å². The van der Waals surface area contributed by atoms with Gasteiger partial charge in [0.1, 0.15) is 11.9 Å². The van der Waals surface area contributed by atoms with Crippen LogP contribution in [0, 0.1) is 0 Å². The molecule has 0 aliphatic carbocycles. The van der Waals surface area contributed by atoms with Crippen molar-refractivity contribution in [2.24, 2.45) is 0 Å². The van der Waals surface area contributed by atoms with Crippen LogP contribution in [0.1, 0.15) is 25.8 Å². The Morgan fingerprint density at radius 3 is 2.44 bits per heavy atom. The third-order valence-electron chi connectivity index (χ3n) is 4.92. The lowest BCUT2D eigenvalue weighted by Crippen LogP contribution is -2.53. The van der Waals surface area contributed by atoms with Gasteiger partial charge < -0.3 is 19.1 Å². The molecule has 2 rings (SSSR count). The molecule has 27 heavy (non-hydrogen) atoms. The fourth-order valence-corrected chi connectivity index (χ4v) is 3.15. The second-order valence-electron chi connectivity index (χ2n) is 6.80. The van der Waals surface area contributed by atoms with Crippen LogP contribution in [-0.2, 0) is 25.7 Å². The molecule has 0 N–H and O–H groups in total. The third kappa shape index (κ3) is 6.22. The second-order valence-corrected chi connectivity index (χ2v) is 6.80. The molecule has 2 atom stereocenters. The summed E-state index contributed by atoms with van der Waals surface area (Å²) in [5.74, 6) is 0.561. The van der Waals surface area contributed by atoms with Gasteiger partial charge in [-0.25, -0.2) is 0 Å². The minimum Gasteiger partial charge on any atom is -0.497 e. The van der Waals surface area contributed by atoms with Gasteiger partial charge in [-0.15, -0.1) is 0 Å². The van der Waals surface area contributed by atoms with Crippen LogP contribution in [0.15, 0.2) is 24.3 Å². The Labute approximate surface area is 161 Å². The molecule has 1 aromatic carbocycles. The highest BCUT2D eigenvalue weighted by molar-refractivity contribution is 5.80. The molecule has 7 nitrogen and oxygen atoms in total. The number of piperazine rings is 1. The van der Waals surface area contributed by atoms with Crippen molar-refractivity contribution in [1.29, 1.82) is 0 Å². The number of benzene rings is 1. The van der Waals surface area contributed by atoms with Crippen molar-refractivity contribution >= 4 is 11.9 Å². The summed E-state index contributed by atoms with van der Waals surface area (Å²) in [5, 5.41) is 0. The molecule has 1 saturated heterocycles. The number of nitrogens with zero attached hydrogens (tertiary/aromatic N) is 2. The molecule has 0 aromatic heterocycles. The molecule has 1 amide bonds. The SMILES string of the molecule is COC(=O)C[C@@H](C)N1CCN(C(=O)[C@@H](C)OCc2cccc(OC)c2)CC1. The summed E-state index contributed by atoms with van der Waals surface area (Å²) in [6, 6.07) is 7.73. The molecule has 0 saturated carbocycles. The van der Waals surface area contributed by atoms with E-state index in [9.17, 15) is 9.59 Å². The molecule has 0 bridgehead atoms. The van der Waals surface area contributed by atoms with Gasteiger partial charge in [0.2, 0.25) is 0 Å². The van der Waals surface area contributed by atoms with Crippen molar-refractivity contribution in [3.8, 4) is 5.75 Å². The number of methoxy groups -OCH3 is 2. The van der Waals surface area contributed by atoms with Crippen molar-refractivity contribution in [3.63, 3.8) is 0 Å². The number of esters is 1. The Hall–Kier alpha value is -2.12. The van der Waals surface area contributed by atoms with Crippen LogP contribution in [0.3, 0.4) is 0 Å². The number of carbonyl (C=O) groups is 2. The molecule has 1 heterocycles. The summed E-state index contributed by atoms with van der Waals surface area (Å²) in [6.07, 6.45) is -0.139. The molecule has 0 spiro atoms. The van der Waals surface area contributed by atoms with Gasteiger partial charge in [-0.3, -0.25) is 14.5 Å². The van der Waals surface area contributed by atoms with Gasteiger partial charge in [0.15, 0.2) is 0 Å². The Kier molecular flexibility index (Phi) is 8.06. The van der Waals surface area contributed by atoms with Crippen molar-refractivity contribution in [3.05, 3.63) is 29.8 Å². The van der Waals surface area contributed by atoms with Crippen LogP contribution >= 0.6 is 0 Å². The van der Waals surface area contributed by atoms with Gasteiger partial charge in [0.25, 0.3) is 5.91 Å². The highest BCUT2D eigenvalue weighted by Gasteiger charge is 2.28. The molecule has 1 aliphatic rings. The number of carbonyl (C=O) groups excluding carboxylic acids is 2. The van der Waals surface area contributed by atoms with Crippen LogP contribution in [0.4, 0.5) is 0 Å². The fraction of sp³-hybridized carbons (Fsp3) is 0.600. The maximum atomic E-state index is 12.6. The Morgan fingerprint density at radius 1 is 1.11 bits per heavy atom. The maximum absolute atomic E-state index is 12.6. The Bertz CT molecular complexity index is 629. The van der Waals surface area contributed by atoms with Gasteiger partial charge in [0.05, 0.1) is 27.2 Å². The summed E-state index contributed by atoms with van der Waals surface area (Å²) in [7, 11) is 3.02. The molecule has 0 unspecified atom stereocenters. The summed E-state index contributed by atoms with van der Waals surface area (Å²) in [5.41, 5.74) is 0.968. The predicted octanol–water partition coefficient (Wildman–Crippen LogP) is 1.70. The normalized spacial score (nSPS) is 17.3. The summed E-state index contributed by atoms with van der Waals surface area (Å²) in [4.78, 5) is 28.1. The maximum Gasteiger partial charge on any atom is 0.307 e. The summed E-state index contributed by atoms with van der Waals surface area (Å²) < 4.78 is 15.7. The van der Waals surface area contributed by atoms with E-state index in [0.717, 1.165) is 24.4 Å². The zero-order valence-electron chi connectivity index (χ0n) is 16.6. The number of ether oxygens (including phenoxy) is 3. The number of hydrogen-bond donors (Lipinski definition) is 0. The van der Waals surface area contributed by atoms with Gasteiger partial charge in [0, 0.05) is 32.2 Å². The molecule has 1 aliphatic heterocycles. The van der Waals surface area contributed by atoms with E-state index in [-0.39, 0.29) is 17.9 Å². The van der Waals surface area contributed by atoms with E-state index >= 15 is 0 Å². The summed E-state index contributed by atoms with van der Waals surface area (Å²) in [6.45, 7) is 6.91. The average molecular weight is 378 g/mol. The van der Waals surface area contributed by atoms with Crippen molar-refractivity contribution in [2.75, 3.05) is 40.4 Å². The van der Waals surface area contributed by atoms with E-state index in [4.69, 9.17) is 14.2 Å². The van der Waals surface area contributed by atoms with E-state index in [1.54, 1.807) is 14.0 Å². The minimum atomic E-state index is -0.504. The van der Waals surface area contributed by atoms with Crippen molar-refractivity contribution in [1.82, 2.24) is 9.80 Å². The van der Waals surface area contributed by atoms with E-state index in [2.05, 4.69) is 4.90 Å². The number of hydrogen-bond acceptors (Lipinski definition) is 6. The summed E-state index contributed by atoms with van der Waals surface area (Å²) >= 11 is 0. The van der Waals surface area contributed by atoms with Gasteiger partial charge in [-0.05, 0) is 31.5 Å². The number of amides is 1. The van der Waals surface area contributed by atoms with Crippen LogP contribution in [0.25, 0.3) is 0 Å². The van der Waals surface area contributed by atoms with Crippen LogP contribution < -0.4 is 4.74 Å². The molecule has 7 heteroatoms. The minimum absolute atomic E-state index is 0.00170. The lowest BCUT2D eigenvalue weighted by Gasteiger charge is -2.38. The largest absolute Gasteiger partial charge is 0.497 e. The van der Waals surface area contributed by atoms with E-state index in [0.29, 0.717) is 26.1 Å². The fourth-order valence-electron chi connectivity index (χ4n) is 3.15. The van der Waals surface area contributed by atoms with Crippen molar-refractivity contribution < 1.29 is 23.8 Å². The molecular formula is C20H30N2O5. The molecular weight excluding hydrogens is 348 g/mol. The lowest BCUT2D eigenvalue weighted by atomic mass is 10.1. The smallest absolute Gasteiger partial charge is 0.307 e. The highest BCUT2D eigenvalue weighted by atomic mass is 16.5. The van der Waals surface area contributed by atoms with Crippen molar-refractivity contribution in [2.45, 2.75) is 39.0 Å². The lowest BCUT2D eigenvalue weighted by molar-refractivity contribution is -0.147. The van der Waals surface area contributed by atoms with E-state index in [1.807, 2.05) is 36.1 Å². The number of rotatable bonds is 8. The zero-order valence-corrected chi connectivity index (χ0v) is 16.6. The molecule has 1 fully saturated rings. The van der Waals surface area contributed by atoms with Gasteiger partial charge in [-0.1, -0.05) is 12.1 Å². The first-order valence-corrected chi connectivity index (χ1v) is 9.28. The molecule has 0 radical (unpaired) electrons. The standard InChI is InChI=1S/C20H30N2O5/c1-15(12-19(23)26-4)21-8-10-22(11-9-21)20(24)16(2)27-14-17-6-5-7-18(13-17)25-3/h5-7,13,15-16H,8-12,14H2,1-4H3/t15-,16-/m1/s1.